The van der Waals surface area contributed by atoms with E-state index in [0.717, 1.165) is 17.3 Å². The average Bonchev–Trinajstić information content (AvgIpc) is 2.96. The van der Waals surface area contributed by atoms with Crippen molar-refractivity contribution in [1.82, 2.24) is 0 Å². The SMILES string of the molecule is CO[C@H]1O[C@@H]2CO[C@@H](c3ccccc3)O[C@H]2[C@@H]2SC(=O)O[C@@H]12. The highest BCUT2D eigenvalue weighted by Gasteiger charge is 2.56. The second-order valence-electron chi connectivity index (χ2n) is 5.37. The molecular weight excluding hydrogens is 308 g/mol. The zero-order valence-corrected chi connectivity index (χ0v) is 12.7. The van der Waals surface area contributed by atoms with Crippen molar-refractivity contribution in [3.63, 3.8) is 0 Å². The van der Waals surface area contributed by atoms with Crippen LogP contribution >= 0.6 is 11.8 Å². The largest absolute Gasteiger partial charge is 0.448 e. The molecule has 1 aromatic rings. The first-order valence-electron chi connectivity index (χ1n) is 7.14. The molecule has 6 atom stereocenters. The van der Waals surface area contributed by atoms with Gasteiger partial charge in [0.1, 0.15) is 12.2 Å². The minimum Gasteiger partial charge on any atom is -0.448 e. The molecule has 3 saturated heterocycles. The number of hydrogen-bond donors (Lipinski definition) is 0. The number of hydrogen-bond acceptors (Lipinski definition) is 7. The second-order valence-corrected chi connectivity index (χ2v) is 6.48. The van der Waals surface area contributed by atoms with Gasteiger partial charge in [-0.2, -0.15) is 0 Å². The number of thioether (sulfide) groups is 1. The first kappa shape index (κ1) is 14.5. The molecule has 3 heterocycles. The molecule has 4 rings (SSSR count). The summed E-state index contributed by atoms with van der Waals surface area (Å²) in [7, 11) is 1.54. The van der Waals surface area contributed by atoms with E-state index in [1.165, 1.54) is 7.11 Å². The van der Waals surface area contributed by atoms with E-state index < -0.39 is 18.7 Å². The topological polar surface area (TPSA) is 63.2 Å². The van der Waals surface area contributed by atoms with E-state index in [2.05, 4.69) is 0 Å². The Morgan fingerprint density at radius 1 is 1.18 bits per heavy atom. The highest BCUT2D eigenvalue weighted by atomic mass is 32.2. The molecule has 3 aliphatic heterocycles. The summed E-state index contributed by atoms with van der Waals surface area (Å²) in [6.07, 6.45) is -2.02. The highest BCUT2D eigenvalue weighted by molar-refractivity contribution is 8.14. The maximum absolute atomic E-state index is 11.6. The molecule has 1 aromatic carbocycles. The van der Waals surface area contributed by atoms with Gasteiger partial charge in [0.25, 0.3) is 0 Å². The molecule has 22 heavy (non-hydrogen) atoms. The molecule has 7 heteroatoms. The normalized spacial score (nSPS) is 40.7. The van der Waals surface area contributed by atoms with E-state index in [-0.39, 0.29) is 22.8 Å². The third-order valence-corrected chi connectivity index (χ3v) is 5.15. The van der Waals surface area contributed by atoms with Crippen LogP contribution < -0.4 is 0 Å². The van der Waals surface area contributed by atoms with Gasteiger partial charge in [0.2, 0.25) is 0 Å². The lowest BCUT2D eigenvalue weighted by Gasteiger charge is -2.45. The Kier molecular flexibility index (Phi) is 3.83. The van der Waals surface area contributed by atoms with E-state index in [4.69, 9.17) is 23.7 Å². The zero-order chi connectivity index (χ0) is 15.1. The molecule has 0 amide bonds. The van der Waals surface area contributed by atoms with Crippen LogP contribution in [0.2, 0.25) is 0 Å². The molecule has 118 valence electrons. The predicted octanol–water partition coefficient (Wildman–Crippen LogP) is 2.09. The monoisotopic (exact) mass is 324 g/mol. The van der Waals surface area contributed by atoms with Crippen LogP contribution in [-0.4, -0.2) is 48.9 Å². The Bertz CT molecular complexity index is 552. The van der Waals surface area contributed by atoms with Crippen molar-refractivity contribution >= 4 is 17.1 Å². The predicted molar refractivity (Wildman–Crippen MR) is 77.3 cm³/mol. The Morgan fingerprint density at radius 2 is 2.00 bits per heavy atom. The van der Waals surface area contributed by atoms with Gasteiger partial charge in [-0.25, -0.2) is 4.79 Å². The first-order valence-corrected chi connectivity index (χ1v) is 8.02. The molecule has 3 fully saturated rings. The van der Waals surface area contributed by atoms with Crippen molar-refractivity contribution in [3.8, 4) is 0 Å². The van der Waals surface area contributed by atoms with E-state index in [1.54, 1.807) is 0 Å². The third-order valence-electron chi connectivity index (χ3n) is 4.05. The van der Waals surface area contributed by atoms with Crippen LogP contribution in [0.5, 0.6) is 0 Å². The van der Waals surface area contributed by atoms with E-state index in [9.17, 15) is 4.79 Å². The fourth-order valence-electron chi connectivity index (χ4n) is 3.03. The second kappa shape index (κ2) is 5.82. The van der Waals surface area contributed by atoms with Crippen LogP contribution in [0.1, 0.15) is 11.9 Å². The molecule has 0 unspecified atom stereocenters. The van der Waals surface area contributed by atoms with Gasteiger partial charge >= 0.3 is 5.30 Å². The smallest absolute Gasteiger partial charge is 0.368 e. The first-order chi connectivity index (χ1) is 10.8. The van der Waals surface area contributed by atoms with Crippen molar-refractivity contribution in [2.24, 2.45) is 0 Å². The van der Waals surface area contributed by atoms with Crippen molar-refractivity contribution in [2.75, 3.05) is 13.7 Å². The lowest BCUT2D eigenvalue weighted by molar-refractivity contribution is -0.327. The fourth-order valence-corrected chi connectivity index (χ4v) is 4.11. The molecule has 0 bridgehead atoms. The van der Waals surface area contributed by atoms with Gasteiger partial charge in [0.05, 0.1) is 11.9 Å². The fraction of sp³-hybridized carbons (Fsp3) is 0.533. The van der Waals surface area contributed by atoms with Crippen molar-refractivity contribution in [3.05, 3.63) is 35.9 Å². The van der Waals surface area contributed by atoms with Crippen LogP contribution in [-0.2, 0) is 23.7 Å². The lowest BCUT2D eigenvalue weighted by Crippen LogP contribution is -2.59. The van der Waals surface area contributed by atoms with Crippen LogP contribution in [0.25, 0.3) is 0 Å². The Morgan fingerprint density at radius 3 is 2.77 bits per heavy atom. The third kappa shape index (κ3) is 2.43. The van der Waals surface area contributed by atoms with Gasteiger partial charge in [-0.15, -0.1) is 0 Å². The molecule has 0 aromatic heterocycles. The summed E-state index contributed by atoms with van der Waals surface area (Å²) in [6.45, 7) is 0.391. The number of carbonyl (C=O) groups is 1. The quantitative estimate of drug-likeness (QED) is 0.772. The summed E-state index contributed by atoms with van der Waals surface area (Å²) in [5.74, 6) is 0. The molecule has 0 radical (unpaired) electrons. The van der Waals surface area contributed by atoms with E-state index in [0.29, 0.717) is 6.61 Å². The molecule has 3 aliphatic rings. The number of benzene rings is 1. The number of methoxy groups -OCH3 is 1. The van der Waals surface area contributed by atoms with Gasteiger partial charge in [0.15, 0.2) is 18.7 Å². The summed E-state index contributed by atoms with van der Waals surface area (Å²) in [5, 5.41) is -0.459. The summed E-state index contributed by atoms with van der Waals surface area (Å²) < 4.78 is 28.3. The maximum atomic E-state index is 11.6. The van der Waals surface area contributed by atoms with Crippen LogP contribution in [0.4, 0.5) is 4.79 Å². The lowest BCUT2D eigenvalue weighted by atomic mass is 10.0. The minimum absolute atomic E-state index is 0.147. The van der Waals surface area contributed by atoms with Crippen molar-refractivity contribution in [1.29, 1.82) is 0 Å². The van der Waals surface area contributed by atoms with Gasteiger partial charge in [-0.05, 0) is 11.8 Å². The van der Waals surface area contributed by atoms with Crippen molar-refractivity contribution in [2.45, 2.75) is 36.1 Å². The number of fused-ring (bicyclic) bond motifs is 3. The summed E-state index contributed by atoms with van der Waals surface area (Å²) in [5.41, 5.74) is 0.946. The molecule has 0 saturated carbocycles. The Balaban J connectivity index is 1.56. The Labute approximate surface area is 132 Å². The zero-order valence-electron chi connectivity index (χ0n) is 11.9. The van der Waals surface area contributed by atoms with Crippen molar-refractivity contribution < 1.29 is 28.5 Å². The van der Waals surface area contributed by atoms with E-state index in [1.807, 2.05) is 30.3 Å². The number of carbonyl (C=O) groups excluding carboxylic acids is 1. The Hall–Kier alpha value is -1.12. The summed E-state index contributed by atoms with van der Waals surface area (Å²) in [6, 6.07) is 9.72. The summed E-state index contributed by atoms with van der Waals surface area (Å²) in [4.78, 5) is 11.6. The average molecular weight is 324 g/mol. The van der Waals surface area contributed by atoms with Gasteiger partial charge in [-0.3, -0.25) is 0 Å². The van der Waals surface area contributed by atoms with Crippen LogP contribution in [0.3, 0.4) is 0 Å². The highest BCUT2D eigenvalue weighted by Crippen LogP contribution is 2.44. The standard InChI is InChI=1S/C15H16O6S/c1-17-14-11-12(22-15(16)21-11)10-9(19-14)7-18-13(20-10)8-5-3-2-4-6-8/h2-6,9-14H,7H2,1H3/t9-,10-,11-,12+,13-,14+/m1/s1. The summed E-state index contributed by atoms with van der Waals surface area (Å²) >= 11 is 1.15. The van der Waals surface area contributed by atoms with Gasteiger partial charge < -0.3 is 23.7 Å². The molecule has 0 N–H and O–H groups in total. The molecular formula is C15H16O6S. The van der Waals surface area contributed by atoms with Gasteiger partial charge in [0, 0.05) is 12.7 Å². The molecule has 0 aliphatic carbocycles. The van der Waals surface area contributed by atoms with Crippen LogP contribution in [0, 0.1) is 0 Å². The number of ether oxygens (including phenoxy) is 5. The molecule has 6 nitrogen and oxygen atoms in total. The molecule has 0 spiro atoms. The van der Waals surface area contributed by atoms with E-state index >= 15 is 0 Å². The number of rotatable bonds is 2. The van der Waals surface area contributed by atoms with Crippen LogP contribution in [0.15, 0.2) is 30.3 Å². The maximum Gasteiger partial charge on any atom is 0.368 e. The van der Waals surface area contributed by atoms with Gasteiger partial charge in [-0.1, -0.05) is 30.3 Å². The minimum atomic E-state index is -0.578.